The van der Waals surface area contributed by atoms with Crippen LogP contribution < -0.4 is 0 Å². The van der Waals surface area contributed by atoms with Crippen LogP contribution in [0.5, 0.6) is 0 Å². The van der Waals surface area contributed by atoms with Crippen LogP contribution in [-0.2, 0) is 16.0 Å². The highest BCUT2D eigenvalue weighted by molar-refractivity contribution is 6.30. The van der Waals surface area contributed by atoms with E-state index in [0.717, 1.165) is 35.6 Å². The highest BCUT2D eigenvalue weighted by atomic mass is 35.5. The molecule has 0 N–H and O–H groups in total. The van der Waals surface area contributed by atoms with Crippen LogP contribution in [0, 0.1) is 5.92 Å². The molecule has 1 aromatic rings. The van der Waals surface area contributed by atoms with Gasteiger partial charge >= 0.3 is 0 Å². The molecular formula is C18H22ClNO2. The van der Waals surface area contributed by atoms with Crippen molar-refractivity contribution in [1.29, 1.82) is 0 Å². The van der Waals surface area contributed by atoms with E-state index in [4.69, 9.17) is 21.3 Å². The summed E-state index contributed by atoms with van der Waals surface area (Å²) in [5, 5.41) is 0.742. The molecule has 1 fully saturated rings. The fraction of sp³-hybridized carbons (Fsp3) is 0.556. The lowest BCUT2D eigenvalue weighted by atomic mass is 9.84. The van der Waals surface area contributed by atoms with Crippen LogP contribution >= 0.6 is 11.6 Å². The predicted octanol–water partition coefficient (Wildman–Crippen LogP) is 3.85. The maximum Gasteiger partial charge on any atom is 0.142 e. The number of halogens is 1. The summed E-state index contributed by atoms with van der Waals surface area (Å²) in [7, 11) is 0. The lowest BCUT2D eigenvalue weighted by molar-refractivity contribution is -0.124. The van der Waals surface area contributed by atoms with Crippen molar-refractivity contribution in [2.24, 2.45) is 10.9 Å². The van der Waals surface area contributed by atoms with Gasteiger partial charge in [-0.2, -0.15) is 0 Å². The number of benzene rings is 1. The first-order valence-electron chi connectivity index (χ1n) is 7.93. The summed E-state index contributed by atoms with van der Waals surface area (Å²) in [6.07, 6.45) is 2.95. The highest BCUT2D eigenvalue weighted by Gasteiger charge is 2.30. The topological polar surface area (TPSA) is 38.7 Å². The number of aliphatic imine (C=N–C) groups is 1. The molecule has 2 heterocycles. The number of ketones is 1. The summed E-state index contributed by atoms with van der Waals surface area (Å²) >= 11 is 6.12. The van der Waals surface area contributed by atoms with E-state index in [0.29, 0.717) is 25.4 Å². The molecule has 1 saturated heterocycles. The SMILES string of the molecule is CC1(C)Cc2cc(Cl)ccc2C(CC(=O)C2CCOCC2)=N1. The van der Waals surface area contributed by atoms with Crippen LogP contribution in [-0.4, -0.2) is 30.2 Å². The first kappa shape index (κ1) is 15.7. The minimum atomic E-state index is -0.178. The molecule has 0 bridgehead atoms. The zero-order chi connectivity index (χ0) is 15.7. The van der Waals surface area contributed by atoms with Crippen LogP contribution in [0.1, 0.15) is 44.2 Å². The van der Waals surface area contributed by atoms with E-state index in [2.05, 4.69) is 13.8 Å². The van der Waals surface area contributed by atoms with Gasteiger partial charge in [0.05, 0.1) is 11.3 Å². The van der Waals surface area contributed by atoms with Gasteiger partial charge in [-0.25, -0.2) is 0 Å². The summed E-state index contributed by atoms with van der Waals surface area (Å²) in [4.78, 5) is 17.4. The van der Waals surface area contributed by atoms with Gasteiger partial charge in [0.2, 0.25) is 0 Å². The molecule has 0 atom stereocenters. The number of nitrogens with zero attached hydrogens (tertiary/aromatic N) is 1. The van der Waals surface area contributed by atoms with Gasteiger partial charge in [0, 0.05) is 30.6 Å². The van der Waals surface area contributed by atoms with E-state index in [-0.39, 0.29) is 11.5 Å². The Bertz CT molecular complexity index is 616. The second-order valence-corrected chi connectivity index (χ2v) is 7.32. The average molecular weight is 320 g/mol. The molecule has 0 spiro atoms. The smallest absolute Gasteiger partial charge is 0.142 e. The van der Waals surface area contributed by atoms with Crippen molar-refractivity contribution in [2.45, 2.75) is 45.1 Å². The number of hydrogen-bond acceptors (Lipinski definition) is 3. The molecular weight excluding hydrogens is 298 g/mol. The lowest BCUT2D eigenvalue weighted by Crippen LogP contribution is -2.32. The molecule has 0 saturated carbocycles. The Labute approximate surface area is 136 Å². The number of ether oxygens (including phenoxy) is 1. The van der Waals surface area contributed by atoms with Crippen molar-refractivity contribution < 1.29 is 9.53 Å². The average Bonchev–Trinajstić information content (AvgIpc) is 2.46. The Kier molecular flexibility index (Phi) is 4.37. The standard InChI is InChI=1S/C18H22ClNO2/c1-18(2)11-13-9-14(19)3-4-15(13)16(20-18)10-17(21)12-5-7-22-8-6-12/h3-4,9,12H,5-8,10-11H2,1-2H3. The van der Waals surface area contributed by atoms with Gasteiger partial charge in [-0.15, -0.1) is 0 Å². The maximum absolute atomic E-state index is 12.6. The molecule has 1 aromatic carbocycles. The monoisotopic (exact) mass is 319 g/mol. The molecule has 22 heavy (non-hydrogen) atoms. The van der Waals surface area contributed by atoms with Crippen molar-refractivity contribution in [3.8, 4) is 0 Å². The number of carbonyl (C=O) groups is 1. The van der Waals surface area contributed by atoms with Crippen molar-refractivity contribution in [3.63, 3.8) is 0 Å². The molecule has 0 radical (unpaired) electrons. The van der Waals surface area contributed by atoms with Crippen molar-refractivity contribution in [2.75, 3.05) is 13.2 Å². The van der Waals surface area contributed by atoms with Gasteiger partial charge in [0.25, 0.3) is 0 Å². The molecule has 118 valence electrons. The highest BCUT2D eigenvalue weighted by Crippen LogP contribution is 2.30. The molecule has 3 rings (SSSR count). The number of Topliss-reactive ketones (excluding diaryl/α,β-unsaturated/α-hetero) is 1. The first-order chi connectivity index (χ1) is 10.4. The number of hydrogen-bond donors (Lipinski definition) is 0. The maximum atomic E-state index is 12.6. The van der Waals surface area contributed by atoms with Gasteiger partial charge < -0.3 is 4.74 Å². The summed E-state index contributed by atoms with van der Waals surface area (Å²) in [6.45, 7) is 5.60. The van der Waals surface area contributed by atoms with Gasteiger partial charge in [-0.05, 0) is 56.4 Å². The quantitative estimate of drug-likeness (QED) is 0.848. The van der Waals surface area contributed by atoms with E-state index in [1.165, 1.54) is 5.56 Å². The molecule has 0 unspecified atom stereocenters. The van der Waals surface area contributed by atoms with E-state index in [9.17, 15) is 4.79 Å². The van der Waals surface area contributed by atoms with Crippen LogP contribution in [0.3, 0.4) is 0 Å². The Morgan fingerprint density at radius 1 is 1.36 bits per heavy atom. The molecule has 2 aliphatic rings. The second kappa shape index (κ2) is 6.13. The number of rotatable bonds is 3. The fourth-order valence-electron chi connectivity index (χ4n) is 3.38. The van der Waals surface area contributed by atoms with Crippen molar-refractivity contribution in [1.82, 2.24) is 0 Å². The van der Waals surface area contributed by atoms with Crippen LogP contribution in [0.25, 0.3) is 0 Å². The van der Waals surface area contributed by atoms with E-state index >= 15 is 0 Å². The third kappa shape index (κ3) is 3.41. The largest absolute Gasteiger partial charge is 0.381 e. The van der Waals surface area contributed by atoms with Crippen LogP contribution in [0.2, 0.25) is 5.02 Å². The van der Waals surface area contributed by atoms with Gasteiger partial charge in [0.1, 0.15) is 5.78 Å². The number of fused-ring (bicyclic) bond motifs is 1. The van der Waals surface area contributed by atoms with Gasteiger partial charge in [-0.1, -0.05) is 17.7 Å². The fourth-order valence-corrected chi connectivity index (χ4v) is 3.58. The van der Waals surface area contributed by atoms with Crippen LogP contribution in [0.15, 0.2) is 23.2 Å². The molecule has 0 aliphatic carbocycles. The summed E-state index contributed by atoms with van der Waals surface area (Å²) < 4.78 is 5.35. The third-order valence-electron chi connectivity index (χ3n) is 4.46. The summed E-state index contributed by atoms with van der Waals surface area (Å²) in [5.41, 5.74) is 3.02. The van der Waals surface area contributed by atoms with Crippen molar-refractivity contribution in [3.05, 3.63) is 34.3 Å². The Morgan fingerprint density at radius 2 is 2.09 bits per heavy atom. The zero-order valence-electron chi connectivity index (χ0n) is 13.2. The molecule has 0 amide bonds. The summed E-state index contributed by atoms with van der Waals surface area (Å²) in [6, 6.07) is 5.89. The minimum absolute atomic E-state index is 0.122. The van der Waals surface area contributed by atoms with E-state index < -0.39 is 0 Å². The first-order valence-corrected chi connectivity index (χ1v) is 8.30. The van der Waals surface area contributed by atoms with Gasteiger partial charge in [-0.3, -0.25) is 9.79 Å². The minimum Gasteiger partial charge on any atom is -0.381 e. The predicted molar refractivity (Wildman–Crippen MR) is 88.9 cm³/mol. The van der Waals surface area contributed by atoms with Crippen LogP contribution in [0.4, 0.5) is 0 Å². The number of carbonyl (C=O) groups excluding carboxylic acids is 1. The molecule has 3 nitrogen and oxygen atoms in total. The van der Waals surface area contributed by atoms with E-state index in [1.54, 1.807) is 0 Å². The zero-order valence-corrected chi connectivity index (χ0v) is 13.9. The van der Waals surface area contributed by atoms with Gasteiger partial charge in [0.15, 0.2) is 0 Å². The molecule has 0 aromatic heterocycles. The van der Waals surface area contributed by atoms with E-state index in [1.807, 2.05) is 18.2 Å². The normalized spacial score (nSPS) is 21.1. The Hall–Kier alpha value is -1.19. The second-order valence-electron chi connectivity index (χ2n) is 6.88. The Morgan fingerprint density at radius 3 is 2.82 bits per heavy atom. The lowest BCUT2D eigenvalue weighted by Gasteiger charge is -2.30. The Balaban J connectivity index is 1.85. The molecule has 4 heteroatoms. The van der Waals surface area contributed by atoms with Crippen molar-refractivity contribution >= 4 is 23.1 Å². The summed E-state index contributed by atoms with van der Waals surface area (Å²) in [5.74, 6) is 0.415. The molecule has 2 aliphatic heterocycles. The third-order valence-corrected chi connectivity index (χ3v) is 4.69.